The molecule has 136 valence electrons. The van der Waals surface area contributed by atoms with Crippen molar-refractivity contribution >= 4 is 22.2 Å². The van der Waals surface area contributed by atoms with Crippen molar-refractivity contribution in [3.8, 4) is 11.4 Å². The maximum absolute atomic E-state index is 13.7. The van der Waals surface area contributed by atoms with Crippen LogP contribution in [0.5, 0.6) is 0 Å². The van der Waals surface area contributed by atoms with Crippen molar-refractivity contribution in [3.63, 3.8) is 0 Å². The molecule has 0 unspecified atom stereocenters. The topological polar surface area (TPSA) is 59.3 Å². The van der Waals surface area contributed by atoms with E-state index < -0.39 is 11.7 Å². The van der Waals surface area contributed by atoms with Gasteiger partial charge in [0, 0.05) is 23.9 Å². The van der Waals surface area contributed by atoms with Gasteiger partial charge in [0.15, 0.2) is 5.82 Å². The van der Waals surface area contributed by atoms with Gasteiger partial charge in [0.1, 0.15) is 5.82 Å². The Morgan fingerprint density at radius 2 is 1.96 bits per heavy atom. The summed E-state index contributed by atoms with van der Waals surface area (Å²) in [7, 11) is 0. The summed E-state index contributed by atoms with van der Waals surface area (Å²) < 4.78 is 15.5. The molecule has 0 spiro atoms. The molecule has 1 N–H and O–H groups in total. The van der Waals surface area contributed by atoms with Gasteiger partial charge in [-0.25, -0.2) is 8.91 Å². The van der Waals surface area contributed by atoms with Crippen molar-refractivity contribution in [1.82, 2.24) is 19.9 Å². The molecule has 1 amide bonds. The minimum absolute atomic E-state index is 0.0514. The van der Waals surface area contributed by atoms with E-state index in [0.717, 1.165) is 21.8 Å². The van der Waals surface area contributed by atoms with Crippen LogP contribution in [0.15, 0.2) is 53.9 Å². The first-order chi connectivity index (χ1) is 13.1. The van der Waals surface area contributed by atoms with Gasteiger partial charge in [-0.1, -0.05) is 36.4 Å². The molecule has 5 nitrogen and oxygen atoms in total. The van der Waals surface area contributed by atoms with Crippen LogP contribution >= 0.6 is 11.3 Å². The van der Waals surface area contributed by atoms with Crippen molar-refractivity contribution in [3.05, 3.63) is 76.5 Å². The molecular formula is C20H17FN4OS. The van der Waals surface area contributed by atoms with Crippen molar-refractivity contribution in [2.24, 2.45) is 0 Å². The van der Waals surface area contributed by atoms with Crippen molar-refractivity contribution in [2.45, 2.75) is 13.3 Å². The summed E-state index contributed by atoms with van der Waals surface area (Å²) in [6, 6.07) is 13.9. The van der Waals surface area contributed by atoms with Gasteiger partial charge in [0.2, 0.25) is 4.96 Å². The highest BCUT2D eigenvalue weighted by molar-refractivity contribution is 7.15. The second kappa shape index (κ2) is 7.28. The van der Waals surface area contributed by atoms with Crippen LogP contribution < -0.4 is 5.32 Å². The maximum atomic E-state index is 13.7. The van der Waals surface area contributed by atoms with Crippen LogP contribution in [0.4, 0.5) is 4.39 Å². The molecule has 2 aromatic heterocycles. The van der Waals surface area contributed by atoms with Gasteiger partial charge in [-0.05, 0) is 24.6 Å². The summed E-state index contributed by atoms with van der Waals surface area (Å²) in [5, 5.41) is 9.35. The summed E-state index contributed by atoms with van der Waals surface area (Å²) in [5.41, 5.74) is 3.13. The molecule has 0 bridgehead atoms. The smallest absolute Gasteiger partial charge is 0.254 e. The monoisotopic (exact) mass is 380 g/mol. The molecule has 0 saturated carbocycles. The van der Waals surface area contributed by atoms with E-state index in [2.05, 4.69) is 15.4 Å². The average molecular weight is 380 g/mol. The fourth-order valence-electron chi connectivity index (χ4n) is 2.88. The van der Waals surface area contributed by atoms with Crippen molar-refractivity contribution in [2.75, 3.05) is 6.54 Å². The van der Waals surface area contributed by atoms with Crippen LogP contribution in [0.1, 0.15) is 21.6 Å². The number of aryl methyl sites for hydroxylation is 1. The van der Waals surface area contributed by atoms with Gasteiger partial charge in [-0.2, -0.15) is 4.98 Å². The Labute approximate surface area is 159 Å². The molecule has 27 heavy (non-hydrogen) atoms. The highest BCUT2D eigenvalue weighted by Crippen LogP contribution is 2.23. The second-order valence-corrected chi connectivity index (χ2v) is 6.99. The summed E-state index contributed by atoms with van der Waals surface area (Å²) in [5.74, 6) is -0.248. The van der Waals surface area contributed by atoms with Crippen molar-refractivity contribution < 1.29 is 9.18 Å². The Balaban J connectivity index is 1.48. The molecule has 0 radical (unpaired) electrons. The molecule has 0 aliphatic rings. The first-order valence-electron chi connectivity index (χ1n) is 8.55. The Morgan fingerprint density at radius 1 is 1.19 bits per heavy atom. The van der Waals surface area contributed by atoms with Crippen LogP contribution in [0.25, 0.3) is 16.3 Å². The Morgan fingerprint density at radius 3 is 2.78 bits per heavy atom. The van der Waals surface area contributed by atoms with Gasteiger partial charge in [-0.15, -0.1) is 16.4 Å². The van der Waals surface area contributed by atoms with Crippen LogP contribution in [-0.4, -0.2) is 27.0 Å². The van der Waals surface area contributed by atoms with Gasteiger partial charge < -0.3 is 5.32 Å². The number of rotatable bonds is 5. The summed E-state index contributed by atoms with van der Waals surface area (Å²) in [4.78, 5) is 17.5. The van der Waals surface area contributed by atoms with Crippen LogP contribution in [0.3, 0.4) is 0 Å². The zero-order chi connectivity index (χ0) is 18.8. The average Bonchev–Trinajstić information content (AvgIpc) is 3.24. The molecule has 7 heteroatoms. The number of aromatic nitrogens is 3. The lowest BCUT2D eigenvalue weighted by atomic mass is 10.1. The maximum Gasteiger partial charge on any atom is 0.254 e. The standard InChI is InChI=1S/C20H17FN4OS/c1-13-6-2-3-7-15(13)18-23-20-25(24-18)14(12-27-20)10-11-22-19(26)16-8-4-5-9-17(16)21/h2-9,12H,10-11H2,1H3,(H,22,26). The minimum Gasteiger partial charge on any atom is -0.352 e. The lowest BCUT2D eigenvalue weighted by Crippen LogP contribution is -2.26. The van der Waals surface area contributed by atoms with E-state index in [9.17, 15) is 9.18 Å². The Hall–Kier alpha value is -3.06. The predicted molar refractivity (Wildman–Crippen MR) is 103 cm³/mol. The largest absolute Gasteiger partial charge is 0.352 e. The van der Waals surface area contributed by atoms with Gasteiger partial charge in [0.05, 0.1) is 11.3 Å². The van der Waals surface area contributed by atoms with Crippen LogP contribution in [0.2, 0.25) is 0 Å². The molecule has 0 saturated heterocycles. The molecule has 0 aliphatic heterocycles. The number of benzene rings is 2. The number of halogens is 1. The number of nitrogens with one attached hydrogen (secondary N) is 1. The fraction of sp³-hybridized carbons (Fsp3) is 0.150. The quantitative estimate of drug-likeness (QED) is 0.572. The molecule has 0 atom stereocenters. The third-order valence-corrected chi connectivity index (χ3v) is 5.19. The normalized spacial score (nSPS) is 11.0. The van der Waals surface area contributed by atoms with E-state index in [0.29, 0.717) is 18.8 Å². The summed E-state index contributed by atoms with van der Waals surface area (Å²) in [6.07, 6.45) is 0.580. The van der Waals surface area contributed by atoms with Crippen molar-refractivity contribution in [1.29, 1.82) is 0 Å². The molecule has 4 rings (SSSR count). The number of hydrogen-bond acceptors (Lipinski definition) is 4. The lowest BCUT2D eigenvalue weighted by Gasteiger charge is -2.05. The molecule has 0 fully saturated rings. The molecule has 0 aliphatic carbocycles. The van der Waals surface area contributed by atoms with E-state index in [1.54, 1.807) is 12.1 Å². The fourth-order valence-corrected chi connectivity index (χ4v) is 3.74. The number of carbonyl (C=O) groups excluding carboxylic acids is 1. The van der Waals surface area contributed by atoms with E-state index in [4.69, 9.17) is 0 Å². The Kier molecular flexibility index (Phi) is 4.68. The zero-order valence-electron chi connectivity index (χ0n) is 14.6. The van der Waals surface area contributed by atoms with Gasteiger partial charge in [0.25, 0.3) is 5.91 Å². The number of amides is 1. The first-order valence-corrected chi connectivity index (χ1v) is 9.43. The van der Waals surface area contributed by atoms with Gasteiger partial charge >= 0.3 is 0 Å². The number of fused-ring (bicyclic) bond motifs is 1. The zero-order valence-corrected chi connectivity index (χ0v) is 15.5. The molecular weight excluding hydrogens is 363 g/mol. The predicted octanol–water partition coefficient (Wildman–Crippen LogP) is 3.88. The SMILES string of the molecule is Cc1ccccc1-c1nc2scc(CCNC(=O)c3ccccc3F)n2n1. The minimum atomic E-state index is -0.521. The number of hydrogen-bond donors (Lipinski definition) is 1. The van der Waals surface area contributed by atoms with Crippen LogP contribution in [-0.2, 0) is 6.42 Å². The first kappa shape index (κ1) is 17.4. The third kappa shape index (κ3) is 3.46. The highest BCUT2D eigenvalue weighted by atomic mass is 32.1. The Bertz CT molecular complexity index is 1120. The van der Waals surface area contributed by atoms with E-state index in [1.165, 1.54) is 23.5 Å². The van der Waals surface area contributed by atoms with Crippen LogP contribution in [0, 0.1) is 12.7 Å². The summed E-state index contributed by atoms with van der Waals surface area (Å²) in [6.45, 7) is 2.42. The van der Waals surface area contributed by atoms with E-state index in [1.807, 2.05) is 41.1 Å². The molecule has 4 aromatic rings. The number of nitrogens with zero attached hydrogens (tertiary/aromatic N) is 3. The van der Waals surface area contributed by atoms with Gasteiger partial charge in [-0.3, -0.25) is 4.79 Å². The second-order valence-electron chi connectivity index (χ2n) is 6.16. The highest BCUT2D eigenvalue weighted by Gasteiger charge is 2.14. The third-order valence-electron chi connectivity index (χ3n) is 4.32. The lowest BCUT2D eigenvalue weighted by molar-refractivity contribution is 0.0950. The molecule has 2 heterocycles. The van der Waals surface area contributed by atoms with E-state index >= 15 is 0 Å². The summed E-state index contributed by atoms with van der Waals surface area (Å²) >= 11 is 1.51. The number of thiazole rings is 1. The van der Waals surface area contributed by atoms with E-state index in [-0.39, 0.29) is 5.56 Å². The molecule has 2 aromatic carbocycles. The number of carbonyl (C=O) groups is 1.